The molecule has 0 unspecified atom stereocenters. The van der Waals surface area contributed by atoms with Gasteiger partial charge in [-0.2, -0.15) is 4.68 Å². The lowest BCUT2D eigenvalue weighted by Gasteiger charge is -2.05. The first kappa shape index (κ1) is 10.5. The van der Waals surface area contributed by atoms with Crippen LogP contribution in [0.15, 0.2) is 42.9 Å². The lowest BCUT2D eigenvalue weighted by molar-refractivity contribution is 0.790. The first-order valence-corrected chi connectivity index (χ1v) is 5.47. The van der Waals surface area contributed by atoms with Crippen molar-refractivity contribution in [1.82, 2.24) is 30.2 Å². The second kappa shape index (κ2) is 4.33. The molecule has 0 saturated carbocycles. The highest BCUT2D eigenvalue weighted by Crippen LogP contribution is 2.20. The van der Waals surface area contributed by atoms with Crippen LogP contribution in [0.25, 0.3) is 17.1 Å². The molecular weight excluding hydrogens is 228 g/mol. The van der Waals surface area contributed by atoms with E-state index in [1.54, 1.807) is 10.9 Å². The zero-order chi connectivity index (χ0) is 12.4. The fourth-order valence-corrected chi connectivity index (χ4v) is 1.71. The highest BCUT2D eigenvalue weighted by Gasteiger charge is 2.13. The zero-order valence-corrected chi connectivity index (χ0v) is 9.72. The summed E-state index contributed by atoms with van der Waals surface area (Å²) in [6.45, 7) is 1.90. The van der Waals surface area contributed by atoms with Gasteiger partial charge in [0.2, 0.25) is 0 Å². The lowest BCUT2D eigenvalue weighted by Crippen LogP contribution is -2.01. The number of aromatic nitrogens is 6. The monoisotopic (exact) mass is 238 g/mol. The number of hydrogen-bond acceptors (Lipinski definition) is 5. The maximum Gasteiger partial charge on any atom is 0.190 e. The van der Waals surface area contributed by atoms with E-state index in [1.807, 2.05) is 37.3 Å². The van der Waals surface area contributed by atoms with Gasteiger partial charge in [-0.15, -0.1) is 5.10 Å². The Bertz CT molecular complexity index is 661. The van der Waals surface area contributed by atoms with Crippen LogP contribution in [-0.4, -0.2) is 30.2 Å². The Kier molecular flexibility index (Phi) is 2.53. The van der Waals surface area contributed by atoms with Gasteiger partial charge in [0.05, 0.1) is 16.9 Å². The Morgan fingerprint density at radius 2 is 1.94 bits per heavy atom. The maximum atomic E-state index is 4.15. The predicted molar refractivity (Wildman–Crippen MR) is 64.9 cm³/mol. The van der Waals surface area contributed by atoms with Crippen LogP contribution in [0.5, 0.6) is 0 Å². The van der Waals surface area contributed by atoms with Gasteiger partial charge in [-0.3, -0.25) is 0 Å². The Morgan fingerprint density at radius 1 is 1.11 bits per heavy atom. The van der Waals surface area contributed by atoms with Crippen molar-refractivity contribution < 1.29 is 0 Å². The second-order valence-corrected chi connectivity index (χ2v) is 3.77. The van der Waals surface area contributed by atoms with E-state index in [9.17, 15) is 0 Å². The van der Waals surface area contributed by atoms with Crippen molar-refractivity contribution in [2.45, 2.75) is 6.92 Å². The Balaban J connectivity index is 2.16. The third kappa shape index (κ3) is 1.73. The van der Waals surface area contributed by atoms with Gasteiger partial charge in [-0.05, 0) is 29.5 Å². The highest BCUT2D eigenvalue weighted by molar-refractivity contribution is 5.58. The van der Waals surface area contributed by atoms with E-state index >= 15 is 0 Å². The van der Waals surface area contributed by atoms with Crippen LogP contribution in [0.4, 0.5) is 0 Å². The van der Waals surface area contributed by atoms with Gasteiger partial charge in [-0.1, -0.05) is 18.2 Å². The number of para-hydroxylation sites is 1. The maximum absolute atomic E-state index is 4.15. The van der Waals surface area contributed by atoms with Crippen molar-refractivity contribution in [1.29, 1.82) is 0 Å². The van der Waals surface area contributed by atoms with E-state index in [1.165, 1.54) is 6.33 Å². The average Bonchev–Trinajstić information content (AvgIpc) is 2.89. The predicted octanol–water partition coefficient (Wildman–Crippen LogP) is 1.43. The van der Waals surface area contributed by atoms with E-state index in [0.29, 0.717) is 5.82 Å². The third-order valence-electron chi connectivity index (χ3n) is 2.62. The molecule has 18 heavy (non-hydrogen) atoms. The fourth-order valence-electron chi connectivity index (χ4n) is 1.71. The van der Waals surface area contributed by atoms with Crippen LogP contribution in [-0.2, 0) is 0 Å². The quantitative estimate of drug-likeness (QED) is 0.675. The van der Waals surface area contributed by atoms with Crippen LogP contribution in [0.2, 0.25) is 0 Å². The van der Waals surface area contributed by atoms with Gasteiger partial charge in [0.1, 0.15) is 6.33 Å². The van der Waals surface area contributed by atoms with E-state index in [-0.39, 0.29) is 0 Å². The minimum atomic E-state index is 0.638. The summed E-state index contributed by atoms with van der Waals surface area (Å²) >= 11 is 0. The molecule has 3 rings (SSSR count). The van der Waals surface area contributed by atoms with Gasteiger partial charge in [0.15, 0.2) is 5.82 Å². The molecule has 6 nitrogen and oxygen atoms in total. The molecule has 0 atom stereocenters. The van der Waals surface area contributed by atoms with Crippen molar-refractivity contribution in [3.05, 3.63) is 48.5 Å². The van der Waals surface area contributed by atoms with Gasteiger partial charge < -0.3 is 0 Å². The van der Waals surface area contributed by atoms with Crippen LogP contribution in [0, 0.1) is 6.92 Å². The first-order chi connectivity index (χ1) is 8.86. The summed E-state index contributed by atoms with van der Waals surface area (Å²) in [4.78, 5) is 8.17. The van der Waals surface area contributed by atoms with Crippen LogP contribution in [0.3, 0.4) is 0 Å². The molecule has 2 aromatic heterocycles. The normalized spacial score (nSPS) is 10.5. The van der Waals surface area contributed by atoms with E-state index in [4.69, 9.17) is 0 Å². The number of aryl methyl sites for hydroxylation is 1. The van der Waals surface area contributed by atoms with E-state index in [2.05, 4.69) is 25.5 Å². The standard InChI is InChI=1S/C12H10N6/c1-9-11(7-13-8-14-9)12-15-16-17-18(12)10-5-3-2-4-6-10/h2-8H,1H3. The molecule has 3 aromatic rings. The summed E-state index contributed by atoms with van der Waals surface area (Å²) in [6, 6.07) is 9.71. The summed E-state index contributed by atoms with van der Waals surface area (Å²) in [5, 5.41) is 11.8. The molecule has 0 aliphatic heterocycles. The molecule has 0 N–H and O–H groups in total. The molecule has 0 bridgehead atoms. The minimum Gasteiger partial charge on any atom is -0.244 e. The summed E-state index contributed by atoms with van der Waals surface area (Å²) in [5.41, 5.74) is 2.57. The zero-order valence-electron chi connectivity index (χ0n) is 9.72. The molecule has 6 heteroatoms. The molecule has 0 fully saturated rings. The molecule has 0 radical (unpaired) electrons. The molecule has 1 aromatic carbocycles. The third-order valence-corrected chi connectivity index (χ3v) is 2.62. The molecule has 0 aliphatic carbocycles. The molecule has 0 saturated heterocycles. The van der Waals surface area contributed by atoms with Gasteiger partial charge >= 0.3 is 0 Å². The lowest BCUT2D eigenvalue weighted by atomic mass is 10.2. The summed E-state index contributed by atoms with van der Waals surface area (Å²) < 4.78 is 1.67. The Morgan fingerprint density at radius 3 is 2.72 bits per heavy atom. The van der Waals surface area contributed by atoms with Crippen molar-refractivity contribution in [2.75, 3.05) is 0 Å². The number of nitrogens with zero attached hydrogens (tertiary/aromatic N) is 6. The summed E-state index contributed by atoms with van der Waals surface area (Å²) in [5.74, 6) is 0.638. The number of rotatable bonds is 2. The Hall–Kier alpha value is -2.63. The fraction of sp³-hybridized carbons (Fsp3) is 0.0833. The van der Waals surface area contributed by atoms with Crippen molar-refractivity contribution in [3.8, 4) is 17.1 Å². The second-order valence-electron chi connectivity index (χ2n) is 3.77. The smallest absolute Gasteiger partial charge is 0.190 e. The SMILES string of the molecule is Cc1ncncc1-c1nnnn1-c1ccccc1. The van der Waals surface area contributed by atoms with Crippen molar-refractivity contribution in [2.24, 2.45) is 0 Å². The first-order valence-electron chi connectivity index (χ1n) is 5.47. The molecule has 2 heterocycles. The topological polar surface area (TPSA) is 69.4 Å². The molecule has 0 spiro atoms. The van der Waals surface area contributed by atoms with Crippen LogP contribution >= 0.6 is 0 Å². The van der Waals surface area contributed by atoms with Crippen LogP contribution in [0.1, 0.15) is 5.69 Å². The number of benzene rings is 1. The van der Waals surface area contributed by atoms with Gasteiger partial charge in [-0.25, -0.2) is 9.97 Å². The van der Waals surface area contributed by atoms with E-state index in [0.717, 1.165) is 16.9 Å². The van der Waals surface area contributed by atoms with Gasteiger partial charge in [0, 0.05) is 6.20 Å². The largest absolute Gasteiger partial charge is 0.244 e. The Labute approximate surface area is 103 Å². The molecular formula is C12H10N6. The molecule has 0 amide bonds. The summed E-state index contributed by atoms with van der Waals surface area (Å²) in [6.07, 6.45) is 3.23. The van der Waals surface area contributed by atoms with Crippen molar-refractivity contribution >= 4 is 0 Å². The molecule has 0 aliphatic rings. The minimum absolute atomic E-state index is 0.638. The van der Waals surface area contributed by atoms with Crippen molar-refractivity contribution in [3.63, 3.8) is 0 Å². The van der Waals surface area contributed by atoms with Crippen LogP contribution < -0.4 is 0 Å². The molecule has 88 valence electrons. The highest BCUT2D eigenvalue weighted by atomic mass is 15.5. The summed E-state index contributed by atoms with van der Waals surface area (Å²) in [7, 11) is 0. The van der Waals surface area contributed by atoms with E-state index < -0.39 is 0 Å². The average molecular weight is 238 g/mol. The number of tetrazole rings is 1. The van der Waals surface area contributed by atoms with Gasteiger partial charge in [0.25, 0.3) is 0 Å². The number of hydrogen-bond donors (Lipinski definition) is 0.